The van der Waals surface area contributed by atoms with E-state index in [1.54, 1.807) is 0 Å². The van der Waals surface area contributed by atoms with E-state index in [9.17, 15) is 4.79 Å². The van der Waals surface area contributed by atoms with Crippen LogP contribution in [0.1, 0.15) is 45.4 Å². The fraction of sp³-hybridized carbons (Fsp3) is 0.733. The maximum atomic E-state index is 11.6. The van der Waals surface area contributed by atoms with Crippen LogP contribution in [0, 0.1) is 5.92 Å². The molecule has 0 atom stereocenters. The van der Waals surface area contributed by atoms with Crippen LogP contribution in [-0.2, 0) is 0 Å². The van der Waals surface area contributed by atoms with Crippen LogP contribution in [0.4, 0.5) is 5.82 Å². The summed E-state index contributed by atoms with van der Waals surface area (Å²) in [7, 11) is 0. The van der Waals surface area contributed by atoms with Gasteiger partial charge in [0.2, 0.25) is 0 Å². The maximum absolute atomic E-state index is 11.6. The Kier molecular flexibility index (Phi) is 5.17. The first kappa shape index (κ1) is 15.0. The summed E-state index contributed by atoms with van der Waals surface area (Å²) in [6, 6.07) is 1.53. The fourth-order valence-corrected chi connectivity index (χ4v) is 2.47. The van der Waals surface area contributed by atoms with Gasteiger partial charge < -0.3 is 15.2 Å². The topological polar surface area (TPSA) is 61.0 Å². The van der Waals surface area contributed by atoms with E-state index in [1.807, 2.05) is 13.8 Å². The lowest BCUT2D eigenvalue weighted by atomic mass is 9.99. The lowest BCUT2D eigenvalue weighted by Gasteiger charge is -2.30. The minimum Gasteiger partial charge on any atom is -0.369 e. The third-order valence-corrected chi connectivity index (χ3v) is 3.92. The Labute approximate surface area is 120 Å². The molecule has 1 aromatic heterocycles. The average Bonchev–Trinajstić information content (AvgIpc) is 2.40. The van der Waals surface area contributed by atoms with Crippen LogP contribution in [0.5, 0.6) is 0 Å². The fourth-order valence-electron chi connectivity index (χ4n) is 2.47. The first-order valence-corrected chi connectivity index (χ1v) is 7.62. The molecular formula is C15H26N4O. The van der Waals surface area contributed by atoms with Crippen LogP contribution in [0.25, 0.3) is 0 Å². The van der Waals surface area contributed by atoms with E-state index < -0.39 is 0 Å². The van der Waals surface area contributed by atoms with Crippen molar-refractivity contribution in [1.29, 1.82) is 0 Å². The number of nitrogens with one attached hydrogen (secondary N) is 2. The van der Waals surface area contributed by atoms with Crippen molar-refractivity contribution in [2.24, 2.45) is 5.92 Å². The maximum Gasteiger partial charge on any atom is 0.252 e. The molecule has 1 saturated heterocycles. The van der Waals surface area contributed by atoms with Gasteiger partial charge in [0, 0.05) is 25.1 Å². The third kappa shape index (κ3) is 4.34. The van der Waals surface area contributed by atoms with Crippen LogP contribution < -0.4 is 10.9 Å². The molecule has 0 spiro atoms. The molecule has 0 amide bonds. The van der Waals surface area contributed by atoms with Gasteiger partial charge in [-0.1, -0.05) is 20.8 Å². The van der Waals surface area contributed by atoms with Crippen LogP contribution in [0.15, 0.2) is 10.9 Å². The average molecular weight is 278 g/mol. The zero-order valence-corrected chi connectivity index (χ0v) is 12.8. The first-order chi connectivity index (χ1) is 9.54. The highest BCUT2D eigenvalue weighted by Gasteiger charge is 2.14. The van der Waals surface area contributed by atoms with Gasteiger partial charge in [0.1, 0.15) is 11.6 Å². The van der Waals surface area contributed by atoms with Crippen molar-refractivity contribution >= 4 is 5.82 Å². The summed E-state index contributed by atoms with van der Waals surface area (Å²) in [6.45, 7) is 10.6. The van der Waals surface area contributed by atoms with Crippen LogP contribution in [0.3, 0.4) is 0 Å². The van der Waals surface area contributed by atoms with Crippen LogP contribution in [-0.4, -0.2) is 41.0 Å². The molecule has 0 radical (unpaired) electrons. The lowest BCUT2D eigenvalue weighted by molar-refractivity contribution is 0.199. The molecule has 2 heterocycles. The summed E-state index contributed by atoms with van der Waals surface area (Å²) < 4.78 is 0. The van der Waals surface area contributed by atoms with E-state index in [4.69, 9.17) is 0 Å². The Morgan fingerprint density at radius 2 is 2.15 bits per heavy atom. The van der Waals surface area contributed by atoms with Crippen molar-refractivity contribution in [1.82, 2.24) is 14.9 Å². The zero-order valence-electron chi connectivity index (χ0n) is 12.8. The molecule has 5 nitrogen and oxygen atoms in total. The summed E-state index contributed by atoms with van der Waals surface area (Å²) in [5.74, 6) is 2.52. The summed E-state index contributed by atoms with van der Waals surface area (Å²) in [6.07, 6.45) is 2.58. The Morgan fingerprint density at radius 3 is 2.80 bits per heavy atom. The molecule has 1 aliphatic heterocycles. The van der Waals surface area contributed by atoms with Gasteiger partial charge in [0.05, 0.1) is 0 Å². The summed E-state index contributed by atoms with van der Waals surface area (Å²) in [4.78, 5) is 21.3. The number of hydrogen-bond acceptors (Lipinski definition) is 4. The number of likely N-dealkylation sites (tertiary alicyclic amines) is 1. The molecule has 0 aliphatic carbocycles. The molecule has 0 unspecified atom stereocenters. The first-order valence-electron chi connectivity index (χ1n) is 7.62. The van der Waals surface area contributed by atoms with Crippen molar-refractivity contribution in [2.75, 3.05) is 31.5 Å². The third-order valence-electron chi connectivity index (χ3n) is 3.92. The Hall–Kier alpha value is -1.36. The second-order valence-corrected chi connectivity index (χ2v) is 6.12. The standard InChI is InChI=1S/C15H26N4O/c1-11(2)15-17-13(10-14(20)18-15)16-6-9-19-7-4-12(3)5-8-19/h10-12H,4-9H2,1-3H3,(H2,16,17,18,20). The SMILES string of the molecule is CC1CCN(CCNc2cc(=O)[nH]c(C(C)C)n2)CC1. The Balaban J connectivity index is 1.83. The molecule has 112 valence electrons. The Morgan fingerprint density at radius 1 is 1.45 bits per heavy atom. The minimum absolute atomic E-state index is 0.0852. The van der Waals surface area contributed by atoms with Crippen LogP contribution in [0.2, 0.25) is 0 Å². The molecular weight excluding hydrogens is 252 g/mol. The number of rotatable bonds is 5. The molecule has 1 aliphatic rings. The highest BCUT2D eigenvalue weighted by molar-refractivity contribution is 5.33. The van der Waals surface area contributed by atoms with Crippen molar-refractivity contribution in [2.45, 2.75) is 39.5 Å². The summed E-state index contributed by atoms with van der Waals surface area (Å²) in [5.41, 5.74) is -0.0852. The van der Waals surface area contributed by atoms with E-state index in [0.29, 0.717) is 5.82 Å². The number of H-pyrrole nitrogens is 1. The smallest absolute Gasteiger partial charge is 0.252 e. The van der Waals surface area contributed by atoms with Gasteiger partial charge in [-0.2, -0.15) is 0 Å². The molecule has 2 rings (SSSR count). The highest BCUT2D eigenvalue weighted by Crippen LogP contribution is 2.15. The van der Waals surface area contributed by atoms with E-state index in [0.717, 1.165) is 24.8 Å². The number of piperidine rings is 1. The predicted octanol–water partition coefficient (Wildman–Crippen LogP) is 2.04. The molecule has 20 heavy (non-hydrogen) atoms. The molecule has 5 heteroatoms. The number of aromatic amines is 1. The normalized spacial score (nSPS) is 17.6. The van der Waals surface area contributed by atoms with E-state index >= 15 is 0 Å². The Bertz CT molecular complexity index is 475. The van der Waals surface area contributed by atoms with Gasteiger partial charge in [-0.25, -0.2) is 4.98 Å². The predicted molar refractivity (Wildman–Crippen MR) is 82.3 cm³/mol. The van der Waals surface area contributed by atoms with E-state index in [2.05, 4.69) is 27.1 Å². The van der Waals surface area contributed by atoms with Crippen molar-refractivity contribution in [3.05, 3.63) is 22.2 Å². The molecule has 0 aromatic carbocycles. The molecule has 1 fully saturated rings. The highest BCUT2D eigenvalue weighted by atomic mass is 16.1. The lowest BCUT2D eigenvalue weighted by Crippen LogP contribution is -2.36. The monoisotopic (exact) mass is 278 g/mol. The van der Waals surface area contributed by atoms with Crippen molar-refractivity contribution in [3.63, 3.8) is 0 Å². The second-order valence-electron chi connectivity index (χ2n) is 6.12. The van der Waals surface area contributed by atoms with Gasteiger partial charge in [0.25, 0.3) is 5.56 Å². The largest absolute Gasteiger partial charge is 0.369 e. The quantitative estimate of drug-likeness (QED) is 0.865. The van der Waals surface area contributed by atoms with E-state index in [-0.39, 0.29) is 11.5 Å². The number of nitrogens with zero attached hydrogens (tertiary/aromatic N) is 2. The zero-order chi connectivity index (χ0) is 14.5. The summed E-state index contributed by atoms with van der Waals surface area (Å²) >= 11 is 0. The number of anilines is 1. The minimum atomic E-state index is -0.0852. The van der Waals surface area contributed by atoms with Crippen molar-refractivity contribution < 1.29 is 0 Å². The number of hydrogen-bond donors (Lipinski definition) is 2. The van der Waals surface area contributed by atoms with Crippen LogP contribution >= 0.6 is 0 Å². The van der Waals surface area contributed by atoms with Gasteiger partial charge in [0.15, 0.2) is 0 Å². The summed E-state index contributed by atoms with van der Waals surface area (Å²) in [5, 5.41) is 3.27. The molecule has 1 aromatic rings. The van der Waals surface area contributed by atoms with Gasteiger partial charge in [-0.3, -0.25) is 4.79 Å². The number of aromatic nitrogens is 2. The van der Waals surface area contributed by atoms with Crippen molar-refractivity contribution in [3.8, 4) is 0 Å². The van der Waals surface area contributed by atoms with Gasteiger partial charge in [-0.05, 0) is 31.8 Å². The van der Waals surface area contributed by atoms with Gasteiger partial charge >= 0.3 is 0 Å². The van der Waals surface area contributed by atoms with E-state index in [1.165, 1.54) is 32.0 Å². The molecule has 0 saturated carbocycles. The molecule has 0 bridgehead atoms. The second kappa shape index (κ2) is 6.88. The van der Waals surface area contributed by atoms with Gasteiger partial charge in [-0.15, -0.1) is 0 Å². The molecule has 2 N–H and O–H groups in total.